The number of nitrogens with one attached hydrogen (secondary N) is 2. The van der Waals surface area contributed by atoms with Gasteiger partial charge in [-0.2, -0.15) is 0 Å². The van der Waals surface area contributed by atoms with Gasteiger partial charge in [-0.05, 0) is 40.8 Å². The van der Waals surface area contributed by atoms with E-state index in [9.17, 15) is 13.2 Å². The predicted molar refractivity (Wildman–Crippen MR) is 118 cm³/mol. The highest BCUT2D eigenvalue weighted by Gasteiger charge is 2.21. The average molecular weight is 437 g/mol. The second-order valence-electron chi connectivity index (χ2n) is 7.44. The van der Waals surface area contributed by atoms with Crippen molar-refractivity contribution < 1.29 is 17.9 Å². The summed E-state index contributed by atoms with van der Waals surface area (Å²) in [5.74, 6) is -0.233. The van der Waals surface area contributed by atoms with E-state index >= 15 is 0 Å². The van der Waals surface area contributed by atoms with Crippen molar-refractivity contribution in [1.82, 2.24) is 10.0 Å². The summed E-state index contributed by atoms with van der Waals surface area (Å²) >= 11 is 0. The minimum atomic E-state index is -3.73. The summed E-state index contributed by atoms with van der Waals surface area (Å²) in [4.78, 5) is 12.1. The number of carbonyl (C=O) groups is 1. The van der Waals surface area contributed by atoms with Crippen LogP contribution in [0.5, 0.6) is 0 Å². The van der Waals surface area contributed by atoms with Crippen LogP contribution in [0.1, 0.15) is 32.6 Å². The van der Waals surface area contributed by atoms with Gasteiger partial charge in [0.25, 0.3) is 5.91 Å². The van der Waals surface area contributed by atoms with Crippen molar-refractivity contribution in [2.24, 2.45) is 0 Å². The Morgan fingerprint density at radius 1 is 0.871 bits per heavy atom. The van der Waals surface area contributed by atoms with Crippen LogP contribution in [0.2, 0.25) is 0 Å². The van der Waals surface area contributed by atoms with Crippen molar-refractivity contribution in [3.63, 3.8) is 0 Å². The van der Waals surface area contributed by atoms with Gasteiger partial charge in [0.1, 0.15) is 0 Å². The maximum absolute atomic E-state index is 12.7. The van der Waals surface area contributed by atoms with E-state index < -0.39 is 10.0 Å². The van der Waals surface area contributed by atoms with Crippen molar-refractivity contribution in [3.8, 4) is 0 Å². The van der Waals surface area contributed by atoms with Crippen LogP contribution >= 0.6 is 0 Å². The van der Waals surface area contributed by atoms with E-state index in [-0.39, 0.29) is 17.3 Å². The molecule has 3 aromatic rings. The summed E-state index contributed by atoms with van der Waals surface area (Å²) in [7, 11) is -3.73. The Balaban J connectivity index is 1.33. The number of ether oxygens (including phenoxy) is 1. The number of sulfonamides is 1. The first-order chi connectivity index (χ1) is 15.0. The van der Waals surface area contributed by atoms with E-state index in [0.717, 1.165) is 22.3 Å². The minimum absolute atomic E-state index is 0.0919. The first-order valence-corrected chi connectivity index (χ1v) is 11.6. The monoisotopic (exact) mass is 436 g/mol. The zero-order chi connectivity index (χ0) is 21.7. The highest BCUT2D eigenvalue weighted by molar-refractivity contribution is 7.89. The number of rotatable bonds is 8. The molecule has 0 aliphatic carbocycles. The zero-order valence-electron chi connectivity index (χ0n) is 17.0. The van der Waals surface area contributed by atoms with Gasteiger partial charge in [0.05, 0.1) is 18.1 Å². The Kier molecular flexibility index (Phi) is 6.46. The molecule has 6 nitrogen and oxygen atoms in total. The number of hydrogen-bond acceptors (Lipinski definition) is 4. The molecule has 1 amide bonds. The van der Waals surface area contributed by atoms with Crippen LogP contribution in [-0.4, -0.2) is 20.9 Å². The molecule has 0 fully saturated rings. The van der Waals surface area contributed by atoms with E-state index in [2.05, 4.69) is 10.0 Å². The highest BCUT2D eigenvalue weighted by Crippen LogP contribution is 2.19. The predicted octanol–water partition coefficient (Wildman–Crippen LogP) is 3.17. The maximum atomic E-state index is 12.7. The smallest absolute Gasteiger partial charge is 0.251 e. The largest absolute Gasteiger partial charge is 0.372 e. The highest BCUT2D eigenvalue weighted by atomic mass is 32.2. The van der Waals surface area contributed by atoms with Crippen molar-refractivity contribution in [3.05, 3.63) is 101 Å². The molecule has 2 N–H and O–H groups in total. The molecule has 0 spiro atoms. The van der Waals surface area contributed by atoms with Crippen molar-refractivity contribution in [2.45, 2.75) is 31.1 Å². The molecule has 0 bridgehead atoms. The third-order valence-electron chi connectivity index (χ3n) is 5.19. The molecular formula is C24H24N2O4S. The van der Waals surface area contributed by atoms with E-state index in [1.54, 1.807) is 12.1 Å². The number of amides is 1. The summed E-state index contributed by atoms with van der Waals surface area (Å²) in [6.45, 7) is 1.76. The Labute approximate surface area is 182 Å². The summed E-state index contributed by atoms with van der Waals surface area (Å²) < 4.78 is 33.7. The molecule has 0 atom stereocenters. The number of benzene rings is 3. The van der Waals surface area contributed by atoms with Crippen LogP contribution in [0, 0.1) is 0 Å². The van der Waals surface area contributed by atoms with Crippen molar-refractivity contribution >= 4 is 15.9 Å². The number of hydrogen-bond donors (Lipinski definition) is 2. The van der Waals surface area contributed by atoms with Crippen LogP contribution in [0.3, 0.4) is 0 Å². The first kappa shape index (κ1) is 21.2. The Bertz CT molecular complexity index is 1160. The summed E-state index contributed by atoms with van der Waals surface area (Å²) in [5, 5.41) is 2.74. The molecular weight excluding hydrogens is 412 g/mol. The Morgan fingerprint density at radius 3 is 2.29 bits per heavy atom. The van der Waals surface area contributed by atoms with Gasteiger partial charge < -0.3 is 10.1 Å². The Morgan fingerprint density at radius 2 is 1.55 bits per heavy atom. The SMILES string of the molecule is O=C1NCCc2ccc(S(=O)(=O)NCc3ccc(COCc4ccccc4)cc3)cc21. The second-order valence-corrected chi connectivity index (χ2v) is 9.21. The van der Waals surface area contributed by atoms with E-state index in [1.165, 1.54) is 6.07 Å². The van der Waals surface area contributed by atoms with Gasteiger partial charge in [0.15, 0.2) is 0 Å². The van der Waals surface area contributed by atoms with Gasteiger partial charge in [0.2, 0.25) is 10.0 Å². The summed E-state index contributed by atoms with van der Waals surface area (Å²) in [6, 6.07) is 22.3. The van der Waals surface area contributed by atoms with Gasteiger partial charge >= 0.3 is 0 Å². The Hall–Kier alpha value is -3.00. The molecule has 0 aromatic heterocycles. The van der Waals surface area contributed by atoms with Crippen molar-refractivity contribution in [2.75, 3.05) is 6.54 Å². The minimum Gasteiger partial charge on any atom is -0.372 e. The lowest BCUT2D eigenvalue weighted by Gasteiger charge is -2.17. The molecule has 0 unspecified atom stereocenters. The summed E-state index contributed by atoms with van der Waals surface area (Å²) in [5.41, 5.74) is 4.27. The molecule has 7 heteroatoms. The molecule has 0 saturated heterocycles. The van der Waals surface area contributed by atoms with Crippen LogP contribution < -0.4 is 10.0 Å². The maximum Gasteiger partial charge on any atom is 0.251 e. The molecule has 0 saturated carbocycles. The van der Waals surface area contributed by atoms with Crippen LogP contribution in [0.4, 0.5) is 0 Å². The summed E-state index contributed by atoms with van der Waals surface area (Å²) in [6.07, 6.45) is 0.705. The van der Waals surface area contributed by atoms with E-state index in [4.69, 9.17) is 4.74 Å². The van der Waals surface area contributed by atoms with Crippen LogP contribution in [-0.2, 0) is 40.9 Å². The van der Waals surface area contributed by atoms with E-state index in [1.807, 2.05) is 54.6 Å². The topological polar surface area (TPSA) is 84.5 Å². The van der Waals surface area contributed by atoms with Gasteiger partial charge in [-0.15, -0.1) is 0 Å². The van der Waals surface area contributed by atoms with Crippen LogP contribution in [0.15, 0.2) is 77.7 Å². The second kappa shape index (κ2) is 9.43. The van der Waals surface area contributed by atoms with Crippen molar-refractivity contribution in [1.29, 1.82) is 0 Å². The van der Waals surface area contributed by atoms with Gasteiger partial charge in [0, 0.05) is 18.7 Å². The molecule has 31 heavy (non-hydrogen) atoms. The molecule has 1 heterocycles. The lowest BCUT2D eigenvalue weighted by molar-refractivity contribution is 0.0945. The average Bonchev–Trinajstić information content (AvgIpc) is 2.79. The van der Waals surface area contributed by atoms with Gasteiger partial charge in [-0.25, -0.2) is 13.1 Å². The first-order valence-electron chi connectivity index (χ1n) is 10.1. The molecule has 3 aromatic carbocycles. The lowest BCUT2D eigenvalue weighted by Crippen LogP contribution is -2.32. The molecule has 160 valence electrons. The fourth-order valence-corrected chi connectivity index (χ4v) is 4.48. The number of fused-ring (bicyclic) bond motifs is 1. The fourth-order valence-electron chi connectivity index (χ4n) is 3.43. The molecule has 1 aliphatic rings. The standard InChI is InChI=1S/C24H24N2O4S/c27-24-23-14-22(11-10-21(23)12-13-25-24)31(28,29)26-15-18-6-8-20(9-7-18)17-30-16-19-4-2-1-3-5-19/h1-11,14,26H,12-13,15-17H2,(H,25,27). The van der Waals surface area contributed by atoms with Gasteiger partial charge in [-0.3, -0.25) is 4.79 Å². The number of carbonyl (C=O) groups excluding carboxylic acids is 1. The zero-order valence-corrected chi connectivity index (χ0v) is 17.8. The normalized spacial score (nSPS) is 13.5. The molecule has 1 aliphatic heterocycles. The van der Waals surface area contributed by atoms with Crippen LogP contribution in [0.25, 0.3) is 0 Å². The van der Waals surface area contributed by atoms with E-state index in [0.29, 0.717) is 31.7 Å². The quantitative estimate of drug-likeness (QED) is 0.568. The molecule has 0 radical (unpaired) electrons. The third-order valence-corrected chi connectivity index (χ3v) is 6.58. The fraction of sp³-hybridized carbons (Fsp3) is 0.208. The third kappa shape index (κ3) is 5.38. The molecule has 4 rings (SSSR count). The van der Waals surface area contributed by atoms with Gasteiger partial charge in [-0.1, -0.05) is 60.7 Å². The lowest BCUT2D eigenvalue weighted by atomic mass is 10.0.